The zero-order valence-electron chi connectivity index (χ0n) is 13.8. The van der Waals surface area contributed by atoms with Crippen molar-refractivity contribution in [2.75, 3.05) is 19.6 Å². The minimum atomic E-state index is 0.709. The molecule has 0 amide bonds. The second-order valence-electron chi connectivity index (χ2n) is 6.83. The SMILES string of the molecule is CCCCCCC(C)N1CCCNC(CC(C)C)C1. The van der Waals surface area contributed by atoms with E-state index < -0.39 is 0 Å². The quantitative estimate of drug-likeness (QED) is 0.668. The van der Waals surface area contributed by atoms with Crippen LogP contribution in [-0.4, -0.2) is 36.6 Å². The second kappa shape index (κ2) is 9.77. The number of nitrogens with one attached hydrogen (secondary N) is 1. The van der Waals surface area contributed by atoms with Gasteiger partial charge in [-0.05, 0) is 45.2 Å². The van der Waals surface area contributed by atoms with E-state index in [2.05, 4.69) is 37.9 Å². The van der Waals surface area contributed by atoms with Gasteiger partial charge in [-0.2, -0.15) is 0 Å². The normalized spacial score (nSPS) is 23.5. The van der Waals surface area contributed by atoms with Gasteiger partial charge in [0.15, 0.2) is 0 Å². The Balaban J connectivity index is 2.32. The summed E-state index contributed by atoms with van der Waals surface area (Å²) in [7, 11) is 0. The molecule has 0 aromatic rings. The lowest BCUT2D eigenvalue weighted by Gasteiger charge is -2.31. The Morgan fingerprint density at radius 2 is 1.95 bits per heavy atom. The van der Waals surface area contributed by atoms with Gasteiger partial charge in [0.25, 0.3) is 0 Å². The molecule has 2 atom stereocenters. The Morgan fingerprint density at radius 3 is 2.63 bits per heavy atom. The summed E-state index contributed by atoms with van der Waals surface area (Å²) in [6, 6.07) is 1.48. The smallest absolute Gasteiger partial charge is 0.0197 e. The first-order valence-corrected chi connectivity index (χ1v) is 8.61. The van der Waals surface area contributed by atoms with Crippen LogP contribution in [-0.2, 0) is 0 Å². The van der Waals surface area contributed by atoms with Crippen LogP contribution in [0.2, 0.25) is 0 Å². The van der Waals surface area contributed by atoms with Crippen molar-refractivity contribution >= 4 is 0 Å². The fourth-order valence-electron chi connectivity index (χ4n) is 3.20. The summed E-state index contributed by atoms with van der Waals surface area (Å²) in [6.45, 7) is 13.2. The van der Waals surface area contributed by atoms with Crippen molar-refractivity contribution in [1.29, 1.82) is 0 Å². The van der Waals surface area contributed by atoms with E-state index in [0.717, 1.165) is 12.0 Å². The van der Waals surface area contributed by atoms with Crippen LogP contribution >= 0.6 is 0 Å². The summed E-state index contributed by atoms with van der Waals surface area (Å²) < 4.78 is 0. The van der Waals surface area contributed by atoms with Gasteiger partial charge in [0.1, 0.15) is 0 Å². The molecule has 1 aliphatic rings. The predicted molar refractivity (Wildman–Crippen MR) is 85.7 cm³/mol. The molecule has 19 heavy (non-hydrogen) atoms. The molecular weight excluding hydrogens is 232 g/mol. The van der Waals surface area contributed by atoms with Crippen molar-refractivity contribution in [3.05, 3.63) is 0 Å². The first-order valence-electron chi connectivity index (χ1n) is 8.61. The lowest BCUT2D eigenvalue weighted by atomic mass is 10.0. The highest BCUT2D eigenvalue weighted by Crippen LogP contribution is 2.15. The maximum absolute atomic E-state index is 3.73. The monoisotopic (exact) mass is 268 g/mol. The molecule has 1 heterocycles. The maximum atomic E-state index is 3.73. The Bertz CT molecular complexity index is 215. The summed E-state index contributed by atoms with van der Waals surface area (Å²) in [5, 5.41) is 3.73. The molecule has 1 N–H and O–H groups in total. The molecule has 114 valence electrons. The molecule has 2 nitrogen and oxygen atoms in total. The summed E-state index contributed by atoms with van der Waals surface area (Å²) in [5.74, 6) is 0.803. The van der Waals surface area contributed by atoms with Crippen LogP contribution in [0.5, 0.6) is 0 Å². The van der Waals surface area contributed by atoms with Crippen LogP contribution < -0.4 is 5.32 Å². The zero-order chi connectivity index (χ0) is 14.1. The molecule has 1 rings (SSSR count). The van der Waals surface area contributed by atoms with Crippen molar-refractivity contribution in [2.45, 2.75) is 84.7 Å². The fourth-order valence-corrected chi connectivity index (χ4v) is 3.20. The molecule has 1 saturated heterocycles. The number of rotatable bonds is 8. The molecule has 1 aliphatic heterocycles. The van der Waals surface area contributed by atoms with Gasteiger partial charge in [0, 0.05) is 18.6 Å². The highest BCUT2D eigenvalue weighted by atomic mass is 15.2. The minimum absolute atomic E-state index is 0.709. The summed E-state index contributed by atoms with van der Waals surface area (Å²) in [5.41, 5.74) is 0. The number of hydrogen-bond donors (Lipinski definition) is 1. The largest absolute Gasteiger partial charge is 0.313 e. The molecule has 0 aliphatic carbocycles. The summed E-state index contributed by atoms with van der Waals surface area (Å²) in [4.78, 5) is 2.74. The molecule has 0 aromatic heterocycles. The van der Waals surface area contributed by atoms with Gasteiger partial charge in [0.2, 0.25) is 0 Å². The molecule has 1 fully saturated rings. The minimum Gasteiger partial charge on any atom is -0.313 e. The van der Waals surface area contributed by atoms with E-state index in [9.17, 15) is 0 Å². The van der Waals surface area contributed by atoms with E-state index in [0.29, 0.717) is 6.04 Å². The van der Waals surface area contributed by atoms with Gasteiger partial charge >= 0.3 is 0 Å². The van der Waals surface area contributed by atoms with E-state index in [1.807, 2.05) is 0 Å². The molecule has 0 saturated carbocycles. The topological polar surface area (TPSA) is 15.3 Å². The lowest BCUT2D eigenvalue weighted by molar-refractivity contribution is 0.186. The highest BCUT2D eigenvalue weighted by molar-refractivity contribution is 4.80. The second-order valence-corrected chi connectivity index (χ2v) is 6.83. The fraction of sp³-hybridized carbons (Fsp3) is 1.00. The third-order valence-corrected chi connectivity index (χ3v) is 4.36. The number of hydrogen-bond acceptors (Lipinski definition) is 2. The van der Waals surface area contributed by atoms with Gasteiger partial charge in [0.05, 0.1) is 0 Å². The van der Waals surface area contributed by atoms with E-state index in [1.165, 1.54) is 64.6 Å². The molecule has 0 spiro atoms. The number of unbranched alkanes of at least 4 members (excludes halogenated alkanes) is 3. The molecule has 0 radical (unpaired) electrons. The molecule has 0 bridgehead atoms. The average Bonchev–Trinajstić information content (AvgIpc) is 2.59. The Labute approximate surface area is 121 Å². The predicted octanol–water partition coefficient (Wildman–Crippen LogP) is 4.06. The van der Waals surface area contributed by atoms with E-state index in [4.69, 9.17) is 0 Å². The standard InChI is InChI=1S/C17H36N2/c1-5-6-7-8-10-16(4)19-12-9-11-18-17(14-19)13-15(2)3/h15-18H,5-14H2,1-4H3. The zero-order valence-corrected chi connectivity index (χ0v) is 13.8. The average molecular weight is 268 g/mol. The van der Waals surface area contributed by atoms with Gasteiger partial charge in [-0.25, -0.2) is 0 Å². The van der Waals surface area contributed by atoms with Crippen LogP contribution in [0.25, 0.3) is 0 Å². The molecule has 2 unspecified atom stereocenters. The van der Waals surface area contributed by atoms with Crippen LogP contribution in [0, 0.1) is 5.92 Å². The highest BCUT2D eigenvalue weighted by Gasteiger charge is 2.21. The van der Waals surface area contributed by atoms with Crippen LogP contribution in [0.15, 0.2) is 0 Å². The van der Waals surface area contributed by atoms with Crippen LogP contribution in [0.3, 0.4) is 0 Å². The van der Waals surface area contributed by atoms with Crippen molar-refractivity contribution in [2.24, 2.45) is 5.92 Å². The first kappa shape index (κ1) is 17.0. The van der Waals surface area contributed by atoms with E-state index in [-0.39, 0.29) is 0 Å². The van der Waals surface area contributed by atoms with Gasteiger partial charge in [-0.3, -0.25) is 4.90 Å². The summed E-state index contributed by atoms with van der Waals surface area (Å²) in [6.07, 6.45) is 9.60. The Kier molecular flexibility index (Phi) is 8.72. The third kappa shape index (κ3) is 7.31. The van der Waals surface area contributed by atoms with Crippen molar-refractivity contribution in [1.82, 2.24) is 10.2 Å². The van der Waals surface area contributed by atoms with E-state index >= 15 is 0 Å². The van der Waals surface area contributed by atoms with Gasteiger partial charge in [-0.1, -0.05) is 46.5 Å². The molecular formula is C17H36N2. The van der Waals surface area contributed by atoms with Gasteiger partial charge in [-0.15, -0.1) is 0 Å². The van der Waals surface area contributed by atoms with Crippen LogP contribution in [0.1, 0.15) is 72.6 Å². The molecule has 0 aromatic carbocycles. The van der Waals surface area contributed by atoms with Gasteiger partial charge < -0.3 is 5.32 Å². The Morgan fingerprint density at radius 1 is 1.16 bits per heavy atom. The summed E-state index contributed by atoms with van der Waals surface area (Å²) >= 11 is 0. The van der Waals surface area contributed by atoms with E-state index in [1.54, 1.807) is 0 Å². The van der Waals surface area contributed by atoms with Crippen molar-refractivity contribution in [3.8, 4) is 0 Å². The third-order valence-electron chi connectivity index (χ3n) is 4.36. The lowest BCUT2D eigenvalue weighted by Crippen LogP contribution is -2.42. The number of nitrogens with zero attached hydrogens (tertiary/aromatic N) is 1. The molecule has 2 heteroatoms. The Hall–Kier alpha value is -0.0800. The van der Waals surface area contributed by atoms with Crippen molar-refractivity contribution < 1.29 is 0 Å². The van der Waals surface area contributed by atoms with Crippen molar-refractivity contribution in [3.63, 3.8) is 0 Å². The maximum Gasteiger partial charge on any atom is 0.0197 e. The van der Waals surface area contributed by atoms with Crippen LogP contribution in [0.4, 0.5) is 0 Å². The first-order chi connectivity index (χ1) is 9.13.